The molecule has 0 atom stereocenters. The van der Waals surface area contributed by atoms with E-state index in [1.807, 2.05) is 54.1 Å². The first kappa shape index (κ1) is 19.7. The first-order valence-corrected chi connectivity index (χ1v) is 10.6. The summed E-state index contributed by atoms with van der Waals surface area (Å²) in [5.41, 5.74) is 3.27. The second kappa shape index (κ2) is 8.42. The number of hydrogen-bond acceptors (Lipinski definition) is 2. The highest BCUT2D eigenvalue weighted by Crippen LogP contribution is 2.30. The number of para-hydroxylation sites is 1. The summed E-state index contributed by atoms with van der Waals surface area (Å²) in [6.45, 7) is 2.06. The van der Waals surface area contributed by atoms with Crippen LogP contribution in [-0.2, 0) is 11.3 Å². The van der Waals surface area contributed by atoms with E-state index in [1.54, 1.807) is 6.07 Å². The highest BCUT2D eigenvalue weighted by molar-refractivity contribution is 6.31. The average molecular weight is 409 g/mol. The predicted molar refractivity (Wildman–Crippen MR) is 118 cm³/mol. The van der Waals surface area contributed by atoms with Crippen molar-refractivity contribution in [2.75, 3.05) is 5.32 Å². The summed E-state index contributed by atoms with van der Waals surface area (Å²) in [5, 5.41) is 4.44. The molecule has 1 heterocycles. The number of fused-ring (bicyclic) bond motifs is 1. The highest BCUT2D eigenvalue weighted by atomic mass is 35.5. The van der Waals surface area contributed by atoms with E-state index < -0.39 is 0 Å². The highest BCUT2D eigenvalue weighted by Gasteiger charge is 2.25. The van der Waals surface area contributed by atoms with Crippen LogP contribution in [0.15, 0.2) is 48.7 Å². The van der Waals surface area contributed by atoms with Crippen LogP contribution in [0.4, 0.5) is 5.69 Å². The van der Waals surface area contributed by atoms with Gasteiger partial charge in [-0.1, -0.05) is 55.1 Å². The molecule has 1 amide bonds. The molecule has 3 aromatic rings. The molecule has 150 valence electrons. The number of carbonyl (C=O) groups excluding carboxylic acids is 2. The lowest BCUT2D eigenvalue weighted by Gasteiger charge is -2.19. The molecule has 4 nitrogen and oxygen atoms in total. The monoisotopic (exact) mass is 408 g/mol. The molecule has 1 aliphatic carbocycles. The summed E-state index contributed by atoms with van der Waals surface area (Å²) in [5.74, 6) is 0.166. The van der Waals surface area contributed by atoms with E-state index in [1.165, 1.54) is 6.42 Å². The largest absolute Gasteiger partial charge is 0.337 e. The van der Waals surface area contributed by atoms with Crippen LogP contribution in [0.2, 0.25) is 5.02 Å². The molecule has 4 rings (SSSR count). The van der Waals surface area contributed by atoms with Crippen LogP contribution >= 0.6 is 11.6 Å². The van der Waals surface area contributed by atoms with Gasteiger partial charge < -0.3 is 9.88 Å². The standard InChI is InChI=1S/C24H25ClN2O2/c1-16-11-12-18(13-21(16)25)26-23(28)15-27-14-20(19-9-5-6-10-22(19)27)24(29)17-7-3-2-4-8-17/h5-6,9-14,17H,2-4,7-8,15H2,1H3,(H,26,28). The van der Waals surface area contributed by atoms with Gasteiger partial charge in [-0.2, -0.15) is 0 Å². The van der Waals surface area contributed by atoms with Gasteiger partial charge in [0.25, 0.3) is 0 Å². The van der Waals surface area contributed by atoms with Crippen molar-refractivity contribution in [3.8, 4) is 0 Å². The maximum absolute atomic E-state index is 13.1. The van der Waals surface area contributed by atoms with Crippen molar-refractivity contribution in [3.05, 3.63) is 64.8 Å². The molecule has 0 spiro atoms. The Morgan fingerprint density at radius 1 is 1.10 bits per heavy atom. The van der Waals surface area contributed by atoms with Crippen LogP contribution in [0.5, 0.6) is 0 Å². The van der Waals surface area contributed by atoms with Crippen LogP contribution in [0, 0.1) is 12.8 Å². The number of hydrogen-bond donors (Lipinski definition) is 1. The zero-order valence-corrected chi connectivity index (χ0v) is 17.3. The van der Waals surface area contributed by atoms with E-state index in [0.29, 0.717) is 10.7 Å². The van der Waals surface area contributed by atoms with Gasteiger partial charge in [-0.3, -0.25) is 9.59 Å². The number of aromatic nitrogens is 1. The van der Waals surface area contributed by atoms with Gasteiger partial charge in [-0.15, -0.1) is 0 Å². The van der Waals surface area contributed by atoms with Crippen LogP contribution in [0.1, 0.15) is 48.0 Å². The topological polar surface area (TPSA) is 51.1 Å². The molecule has 1 N–H and O–H groups in total. The number of nitrogens with one attached hydrogen (secondary N) is 1. The molecular weight excluding hydrogens is 384 g/mol. The molecule has 1 aliphatic rings. The Kier molecular flexibility index (Phi) is 5.72. The minimum Gasteiger partial charge on any atom is -0.337 e. The van der Waals surface area contributed by atoms with E-state index >= 15 is 0 Å². The average Bonchev–Trinajstić information content (AvgIpc) is 3.09. The third-order valence-electron chi connectivity index (χ3n) is 5.80. The Morgan fingerprint density at radius 2 is 1.86 bits per heavy atom. The van der Waals surface area contributed by atoms with Crippen molar-refractivity contribution in [1.82, 2.24) is 4.57 Å². The number of carbonyl (C=O) groups is 2. The predicted octanol–water partition coefficient (Wildman–Crippen LogP) is 6.00. The SMILES string of the molecule is Cc1ccc(NC(=O)Cn2cc(C(=O)C3CCCCC3)c3ccccc32)cc1Cl. The molecule has 0 bridgehead atoms. The Hall–Kier alpha value is -2.59. The summed E-state index contributed by atoms with van der Waals surface area (Å²) in [6, 6.07) is 13.3. The second-order valence-electron chi connectivity index (χ2n) is 7.90. The van der Waals surface area contributed by atoms with E-state index in [2.05, 4.69) is 5.32 Å². The van der Waals surface area contributed by atoms with Gasteiger partial charge in [0.1, 0.15) is 6.54 Å². The minimum absolute atomic E-state index is 0.103. The maximum Gasteiger partial charge on any atom is 0.244 e. The minimum atomic E-state index is -0.151. The molecule has 2 aromatic carbocycles. The maximum atomic E-state index is 13.1. The number of halogens is 1. The zero-order valence-electron chi connectivity index (χ0n) is 16.6. The van der Waals surface area contributed by atoms with Crippen LogP contribution in [-0.4, -0.2) is 16.3 Å². The third kappa shape index (κ3) is 4.23. The zero-order chi connectivity index (χ0) is 20.4. The normalized spacial score (nSPS) is 14.8. The number of ketones is 1. The van der Waals surface area contributed by atoms with Gasteiger partial charge in [0, 0.05) is 39.3 Å². The van der Waals surface area contributed by atoms with Crippen molar-refractivity contribution in [2.45, 2.75) is 45.6 Å². The first-order chi connectivity index (χ1) is 14.0. The quantitative estimate of drug-likeness (QED) is 0.526. The van der Waals surface area contributed by atoms with Crippen molar-refractivity contribution in [1.29, 1.82) is 0 Å². The van der Waals surface area contributed by atoms with Crippen LogP contribution in [0.3, 0.4) is 0 Å². The van der Waals surface area contributed by atoms with Gasteiger partial charge in [0.15, 0.2) is 5.78 Å². The van der Waals surface area contributed by atoms with Crippen LogP contribution in [0.25, 0.3) is 10.9 Å². The molecule has 1 fully saturated rings. The van der Waals surface area contributed by atoms with E-state index in [0.717, 1.165) is 47.7 Å². The first-order valence-electron chi connectivity index (χ1n) is 10.2. The van der Waals surface area contributed by atoms with E-state index in [4.69, 9.17) is 11.6 Å². The van der Waals surface area contributed by atoms with Crippen molar-refractivity contribution in [2.24, 2.45) is 5.92 Å². The van der Waals surface area contributed by atoms with Crippen molar-refractivity contribution < 1.29 is 9.59 Å². The molecular formula is C24H25ClN2O2. The lowest BCUT2D eigenvalue weighted by Crippen LogP contribution is -2.19. The molecule has 0 saturated heterocycles. The van der Waals surface area contributed by atoms with Gasteiger partial charge in [0.05, 0.1) is 0 Å². The van der Waals surface area contributed by atoms with Gasteiger partial charge in [-0.05, 0) is 43.5 Å². The van der Waals surface area contributed by atoms with E-state index in [-0.39, 0.29) is 24.2 Å². The Morgan fingerprint density at radius 3 is 2.62 bits per heavy atom. The van der Waals surface area contributed by atoms with Crippen LogP contribution < -0.4 is 5.32 Å². The number of nitrogens with zero attached hydrogens (tertiary/aromatic N) is 1. The lowest BCUT2D eigenvalue weighted by atomic mass is 9.84. The van der Waals surface area contributed by atoms with Crippen molar-refractivity contribution >= 4 is 39.9 Å². The molecule has 5 heteroatoms. The third-order valence-corrected chi connectivity index (χ3v) is 6.21. The van der Waals surface area contributed by atoms with Gasteiger partial charge >= 0.3 is 0 Å². The fraction of sp³-hybridized carbons (Fsp3) is 0.333. The van der Waals surface area contributed by atoms with Crippen molar-refractivity contribution in [3.63, 3.8) is 0 Å². The Bertz CT molecular complexity index is 1060. The number of Topliss-reactive ketones (excluding diaryl/α,β-unsaturated/α-hetero) is 1. The van der Waals surface area contributed by atoms with Gasteiger partial charge in [-0.25, -0.2) is 0 Å². The summed E-state index contributed by atoms with van der Waals surface area (Å²) >= 11 is 6.15. The number of amides is 1. The Labute approximate surface area is 175 Å². The smallest absolute Gasteiger partial charge is 0.244 e. The summed E-state index contributed by atoms with van der Waals surface area (Å²) in [6.07, 6.45) is 7.24. The molecule has 0 radical (unpaired) electrons. The number of anilines is 1. The molecule has 1 aromatic heterocycles. The molecule has 0 aliphatic heterocycles. The summed E-state index contributed by atoms with van der Waals surface area (Å²) in [4.78, 5) is 25.8. The summed E-state index contributed by atoms with van der Waals surface area (Å²) in [7, 11) is 0. The second-order valence-corrected chi connectivity index (χ2v) is 8.31. The molecule has 29 heavy (non-hydrogen) atoms. The van der Waals surface area contributed by atoms with E-state index in [9.17, 15) is 9.59 Å². The molecule has 1 saturated carbocycles. The fourth-order valence-electron chi connectivity index (χ4n) is 4.18. The fourth-order valence-corrected chi connectivity index (χ4v) is 4.37. The number of benzene rings is 2. The van der Waals surface area contributed by atoms with Gasteiger partial charge in [0.2, 0.25) is 5.91 Å². The number of aryl methyl sites for hydroxylation is 1. The number of rotatable bonds is 5. The lowest BCUT2D eigenvalue weighted by molar-refractivity contribution is -0.116. The molecule has 0 unspecified atom stereocenters. The Balaban J connectivity index is 1.58. The summed E-state index contributed by atoms with van der Waals surface area (Å²) < 4.78 is 1.87.